The Kier molecular flexibility index (Phi) is 4.91. The van der Waals surface area contributed by atoms with Gasteiger partial charge in [0.2, 0.25) is 0 Å². The van der Waals surface area contributed by atoms with Crippen LogP contribution in [0.2, 0.25) is 5.02 Å². The molecule has 0 aliphatic rings. The number of nitrogens with two attached hydrogens (primary N) is 1. The molecule has 0 aliphatic heterocycles. The lowest BCUT2D eigenvalue weighted by Gasteiger charge is -2.26. The molecule has 0 spiro atoms. The van der Waals surface area contributed by atoms with Crippen molar-refractivity contribution in [3.8, 4) is 0 Å². The number of nitrogens with zero attached hydrogens (tertiary/aromatic N) is 1. The number of carbonyl (C=O) groups is 1. The molecule has 0 fully saturated rings. The Labute approximate surface area is 137 Å². The third-order valence-electron chi connectivity index (χ3n) is 3.50. The second-order valence-electron chi connectivity index (χ2n) is 4.88. The molecule has 0 bridgehead atoms. The molecule has 2 N–H and O–H groups in total. The highest BCUT2D eigenvalue weighted by molar-refractivity contribution is 9.10. The Bertz CT molecular complexity index is 658. The van der Waals surface area contributed by atoms with Gasteiger partial charge in [0.1, 0.15) is 0 Å². The predicted octanol–water partition coefficient (Wildman–Crippen LogP) is 4.52. The van der Waals surface area contributed by atoms with Gasteiger partial charge in [-0.1, -0.05) is 39.7 Å². The monoisotopic (exact) mass is 366 g/mol. The summed E-state index contributed by atoms with van der Waals surface area (Å²) in [6.07, 6.45) is 0. The number of carbonyl (C=O) groups excluding carboxylic acids is 1. The number of rotatable bonds is 3. The maximum Gasteiger partial charge on any atom is 0.256 e. The molecule has 3 nitrogen and oxygen atoms in total. The second kappa shape index (κ2) is 6.50. The van der Waals surface area contributed by atoms with E-state index in [0.29, 0.717) is 16.3 Å². The van der Waals surface area contributed by atoms with E-state index in [9.17, 15) is 4.79 Å². The highest BCUT2D eigenvalue weighted by Crippen LogP contribution is 2.25. The van der Waals surface area contributed by atoms with E-state index in [2.05, 4.69) is 15.9 Å². The molecule has 0 heterocycles. The summed E-state index contributed by atoms with van der Waals surface area (Å²) in [6.45, 7) is 1.97. The van der Waals surface area contributed by atoms with Crippen LogP contribution in [0.5, 0.6) is 0 Å². The Hall–Kier alpha value is -1.52. The molecule has 110 valence electrons. The molecule has 0 aromatic heterocycles. The first kappa shape index (κ1) is 15.9. The number of hydrogen-bond acceptors (Lipinski definition) is 2. The molecule has 0 aliphatic carbocycles. The molecule has 2 aromatic rings. The molecule has 0 saturated heterocycles. The lowest BCUT2D eigenvalue weighted by atomic mass is 10.1. The fourth-order valence-electron chi connectivity index (χ4n) is 2.06. The summed E-state index contributed by atoms with van der Waals surface area (Å²) in [7, 11) is 1.77. The average Bonchev–Trinajstić information content (AvgIpc) is 2.46. The van der Waals surface area contributed by atoms with Crippen LogP contribution in [-0.4, -0.2) is 17.9 Å². The van der Waals surface area contributed by atoms with Gasteiger partial charge in [0, 0.05) is 22.2 Å². The quantitative estimate of drug-likeness (QED) is 0.811. The fraction of sp³-hybridized carbons (Fsp3) is 0.188. The molecular weight excluding hydrogens is 352 g/mol. The molecule has 1 unspecified atom stereocenters. The minimum atomic E-state index is -0.109. The molecule has 0 radical (unpaired) electrons. The zero-order valence-corrected chi connectivity index (χ0v) is 14.1. The van der Waals surface area contributed by atoms with Crippen molar-refractivity contribution in [3.63, 3.8) is 0 Å². The average molecular weight is 368 g/mol. The number of halogens is 2. The van der Waals surface area contributed by atoms with E-state index in [1.807, 2.05) is 37.3 Å². The highest BCUT2D eigenvalue weighted by atomic mass is 79.9. The molecular formula is C16H16BrClN2O. The molecule has 5 heteroatoms. The van der Waals surface area contributed by atoms with Gasteiger partial charge in [0.15, 0.2) is 0 Å². The maximum atomic E-state index is 12.6. The van der Waals surface area contributed by atoms with E-state index in [0.717, 1.165) is 10.0 Å². The number of hydrogen-bond donors (Lipinski definition) is 1. The third kappa shape index (κ3) is 3.57. The topological polar surface area (TPSA) is 46.3 Å². The first-order valence-corrected chi connectivity index (χ1v) is 7.65. The van der Waals surface area contributed by atoms with Crippen molar-refractivity contribution in [2.75, 3.05) is 12.8 Å². The van der Waals surface area contributed by atoms with Crippen LogP contribution in [0.4, 0.5) is 5.69 Å². The summed E-state index contributed by atoms with van der Waals surface area (Å²) >= 11 is 9.23. The Morgan fingerprint density at radius 3 is 2.43 bits per heavy atom. The van der Waals surface area contributed by atoms with E-state index >= 15 is 0 Å². The molecule has 2 rings (SSSR count). The minimum absolute atomic E-state index is 0.0715. The maximum absolute atomic E-state index is 12.6. The molecule has 0 saturated carbocycles. The molecule has 2 aromatic carbocycles. The normalized spacial score (nSPS) is 12.0. The minimum Gasteiger partial charge on any atom is -0.398 e. The standard InChI is InChI=1S/C16H16BrClN2O/c1-10(11-3-6-13(18)7-4-11)20(2)16(21)14-8-5-12(17)9-15(14)19/h3-10H,19H2,1-2H3. The van der Waals surface area contributed by atoms with Crippen molar-refractivity contribution < 1.29 is 4.79 Å². The van der Waals surface area contributed by atoms with Gasteiger partial charge in [-0.15, -0.1) is 0 Å². The zero-order valence-electron chi connectivity index (χ0n) is 11.8. The second-order valence-corrected chi connectivity index (χ2v) is 6.23. The summed E-state index contributed by atoms with van der Waals surface area (Å²) in [5.41, 5.74) is 7.91. The summed E-state index contributed by atoms with van der Waals surface area (Å²) in [6, 6.07) is 12.7. The SMILES string of the molecule is CC(c1ccc(Cl)cc1)N(C)C(=O)c1ccc(Br)cc1N. The van der Waals surface area contributed by atoms with Gasteiger partial charge < -0.3 is 10.6 Å². The first-order valence-electron chi connectivity index (χ1n) is 6.48. The van der Waals surface area contributed by atoms with Gasteiger partial charge in [-0.3, -0.25) is 4.79 Å². The predicted molar refractivity (Wildman–Crippen MR) is 90.5 cm³/mol. The zero-order chi connectivity index (χ0) is 15.6. The number of nitrogen functional groups attached to an aromatic ring is 1. The largest absolute Gasteiger partial charge is 0.398 e. The Morgan fingerprint density at radius 2 is 1.86 bits per heavy atom. The van der Waals surface area contributed by atoms with Crippen LogP contribution in [0.3, 0.4) is 0 Å². The third-order valence-corrected chi connectivity index (χ3v) is 4.24. The van der Waals surface area contributed by atoms with Crippen LogP contribution in [0.25, 0.3) is 0 Å². The van der Waals surface area contributed by atoms with Gasteiger partial charge in [0.05, 0.1) is 11.6 Å². The summed E-state index contributed by atoms with van der Waals surface area (Å²) in [5.74, 6) is -0.109. The van der Waals surface area contributed by atoms with Crippen molar-refractivity contribution in [2.24, 2.45) is 0 Å². The van der Waals surface area contributed by atoms with Crippen LogP contribution < -0.4 is 5.73 Å². The Balaban J connectivity index is 2.24. The molecule has 1 atom stereocenters. The van der Waals surface area contributed by atoms with E-state index < -0.39 is 0 Å². The van der Waals surface area contributed by atoms with Crippen molar-refractivity contribution in [1.29, 1.82) is 0 Å². The number of anilines is 1. The van der Waals surface area contributed by atoms with Gasteiger partial charge in [-0.05, 0) is 42.8 Å². The van der Waals surface area contributed by atoms with E-state index in [4.69, 9.17) is 17.3 Å². The van der Waals surface area contributed by atoms with Crippen LogP contribution in [0, 0.1) is 0 Å². The van der Waals surface area contributed by atoms with Crippen LogP contribution in [0.15, 0.2) is 46.9 Å². The number of benzene rings is 2. The first-order chi connectivity index (χ1) is 9.90. The van der Waals surface area contributed by atoms with Crippen LogP contribution in [-0.2, 0) is 0 Å². The van der Waals surface area contributed by atoms with Crippen molar-refractivity contribution in [2.45, 2.75) is 13.0 Å². The van der Waals surface area contributed by atoms with Crippen LogP contribution in [0.1, 0.15) is 28.9 Å². The molecule has 1 amide bonds. The summed E-state index contributed by atoms with van der Waals surface area (Å²) in [4.78, 5) is 14.2. The molecule has 21 heavy (non-hydrogen) atoms. The smallest absolute Gasteiger partial charge is 0.256 e. The van der Waals surface area contributed by atoms with Crippen molar-refractivity contribution in [3.05, 3.63) is 63.1 Å². The van der Waals surface area contributed by atoms with Gasteiger partial charge in [-0.25, -0.2) is 0 Å². The number of amides is 1. The lowest BCUT2D eigenvalue weighted by molar-refractivity contribution is 0.0743. The van der Waals surface area contributed by atoms with Gasteiger partial charge in [0.25, 0.3) is 5.91 Å². The lowest BCUT2D eigenvalue weighted by Crippen LogP contribution is -2.30. The highest BCUT2D eigenvalue weighted by Gasteiger charge is 2.20. The van der Waals surface area contributed by atoms with Gasteiger partial charge in [-0.2, -0.15) is 0 Å². The van der Waals surface area contributed by atoms with Crippen LogP contribution >= 0.6 is 27.5 Å². The van der Waals surface area contributed by atoms with E-state index in [-0.39, 0.29) is 11.9 Å². The Morgan fingerprint density at radius 1 is 1.24 bits per heavy atom. The summed E-state index contributed by atoms with van der Waals surface area (Å²) < 4.78 is 0.852. The fourth-order valence-corrected chi connectivity index (χ4v) is 2.56. The van der Waals surface area contributed by atoms with Crippen molar-refractivity contribution >= 4 is 39.1 Å². The van der Waals surface area contributed by atoms with E-state index in [1.165, 1.54) is 0 Å². The van der Waals surface area contributed by atoms with E-state index in [1.54, 1.807) is 24.1 Å². The summed E-state index contributed by atoms with van der Waals surface area (Å²) in [5, 5.41) is 0.678. The van der Waals surface area contributed by atoms with Gasteiger partial charge >= 0.3 is 0 Å². The van der Waals surface area contributed by atoms with Crippen molar-refractivity contribution in [1.82, 2.24) is 4.90 Å².